The Labute approximate surface area is 126 Å². The van der Waals surface area contributed by atoms with Crippen LogP contribution in [0.25, 0.3) is 0 Å². The van der Waals surface area contributed by atoms with Gasteiger partial charge in [-0.25, -0.2) is 0 Å². The van der Waals surface area contributed by atoms with Gasteiger partial charge in [0.2, 0.25) is 0 Å². The molecule has 0 fully saturated rings. The molecule has 20 heavy (non-hydrogen) atoms. The molecule has 3 nitrogen and oxygen atoms in total. The van der Waals surface area contributed by atoms with Crippen LogP contribution in [-0.4, -0.2) is 7.11 Å². The monoisotopic (exact) mass is 333 g/mol. The van der Waals surface area contributed by atoms with Gasteiger partial charge in [-0.2, -0.15) is 0 Å². The first-order valence-corrected chi connectivity index (χ1v) is 7.32. The van der Waals surface area contributed by atoms with Crippen LogP contribution in [0.2, 0.25) is 0 Å². The number of hydrogen-bond acceptors (Lipinski definition) is 3. The first-order valence-electron chi connectivity index (χ1n) is 6.53. The highest BCUT2D eigenvalue weighted by Gasteiger charge is 2.27. The van der Waals surface area contributed by atoms with Gasteiger partial charge >= 0.3 is 0 Å². The molecule has 0 aliphatic carbocycles. The zero-order valence-corrected chi connectivity index (χ0v) is 12.8. The Bertz CT molecular complexity index is 612. The maximum absolute atomic E-state index is 6.28. The van der Waals surface area contributed by atoms with Gasteiger partial charge in [0.25, 0.3) is 0 Å². The Morgan fingerprint density at radius 3 is 2.65 bits per heavy atom. The second kappa shape index (κ2) is 5.46. The Morgan fingerprint density at radius 2 is 1.95 bits per heavy atom. The first kappa shape index (κ1) is 13.5. The predicted octanol–water partition coefficient (Wildman–Crippen LogP) is 3.98. The average molecular weight is 334 g/mol. The molecule has 1 unspecified atom stereocenters. The lowest BCUT2D eigenvalue weighted by atomic mass is 9.93. The summed E-state index contributed by atoms with van der Waals surface area (Å²) < 4.78 is 12.4. The van der Waals surface area contributed by atoms with Crippen molar-refractivity contribution >= 4 is 15.9 Å². The largest absolute Gasteiger partial charge is 0.497 e. The number of hydrogen-bond donors (Lipinski definition) is 1. The minimum absolute atomic E-state index is 0.000931. The summed E-state index contributed by atoms with van der Waals surface area (Å²) >= 11 is 3.44. The van der Waals surface area contributed by atoms with E-state index < -0.39 is 0 Å². The van der Waals surface area contributed by atoms with Gasteiger partial charge in [-0.05, 0) is 35.9 Å². The maximum Gasteiger partial charge on any atom is 0.126 e. The van der Waals surface area contributed by atoms with Crippen molar-refractivity contribution in [2.75, 3.05) is 7.11 Å². The number of rotatable bonds is 2. The van der Waals surface area contributed by atoms with Crippen LogP contribution < -0.4 is 15.2 Å². The minimum Gasteiger partial charge on any atom is -0.497 e. The van der Waals surface area contributed by atoms with E-state index in [1.165, 1.54) is 0 Å². The van der Waals surface area contributed by atoms with E-state index >= 15 is 0 Å². The van der Waals surface area contributed by atoms with Crippen molar-refractivity contribution in [1.29, 1.82) is 0 Å². The molecule has 104 valence electrons. The summed E-state index contributed by atoms with van der Waals surface area (Å²) in [6, 6.07) is 13.9. The van der Waals surface area contributed by atoms with Gasteiger partial charge in [0, 0.05) is 22.5 Å². The third kappa shape index (κ3) is 2.53. The van der Waals surface area contributed by atoms with Crippen molar-refractivity contribution in [2.24, 2.45) is 5.73 Å². The van der Waals surface area contributed by atoms with Gasteiger partial charge in [-0.15, -0.1) is 0 Å². The Balaban J connectivity index is 1.90. The predicted molar refractivity (Wildman–Crippen MR) is 82.1 cm³/mol. The van der Waals surface area contributed by atoms with Crippen molar-refractivity contribution < 1.29 is 9.47 Å². The molecule has 2 aromatic carbocycles. The molecule has 1 heterocycles. The lowest BCUT2D eigenvalue weighted by Gasteiger charge is -2.30. The zero-order valence-electron chi connectivity index (χ0n) is 11.2. The number of fused-ring (bicyclic) bond motifs is 1. The second-order valence-electron chi connectivity index (χ2n) is 4.90. The van der Waals surface area contributed by atoms with Gasteiger partial charge in [-0.3, -0.25) is 0 Å². The second-order valence-corrected chi connectivity index (χ2v) is 5.82. The third-order valence-electron chi connectivity index (χ3n) is 3.60. The Morgan fingerprint density at radius 1 is 1.20 bits per heavy atom. The smallest absolute Gasteiger partial charge is 0.126 e. The van der Waals surface area contributed by atoms with Crippen LogP contribution in [-0.2, 0) is 0 Å². The molecule has 2 aromatic rings. The molecule has 0 aromatic heterocycles. The van der Waals surface area contributed by atoms with Crippen molar-refractivity contribution in [2.45, 2.75) is 18.6 Å². The highest BCUT2D eigenvalue weighted by molar-refractivity contribution is 9.10. The molecule has 0 bridgehead atoms. The molecule has 4 heteroatoms. The van der Waals surface area contributed by atoms with Crippen LogP contribution in [0.1, 0.15) is 29.7 Å². The van der Waals surface area contributed by atoms with Crippen molar-refractivity contribution in [3.05, 3.63) is 58.1 Å². The van der Waals surface area contributed by atoms with Gasteiger partial charge in [0.1, 0.15) is 17.6 Å². The van der Waals surface area contributed by atoms with Gasteiger partial charge < -0.3 is 15.2 Å². The van der Waals surface area contributed by atoms with E-state index in [9.17, 15) is 0 Å². The van der Waals surface area contributed by atoms with Gasteiger partial charge in [-0.1, -0.05) is 28.1 Å². The van der Waals surface area contributed by atoms with E-state index in [1.807, 2.05) is 30.3 Å². The lowest BCUT2D eigenvalue weighted by molar-refractivity contribution is 0.161. The molecule has 2 N–H and O–H groups in total. The molecule has 0 saturated heterocycles. The fourth-order valence-corrected chi connectivity index (χ4v) is 2.76. The summed E-state index contributed by atoms with van der Waals surface area (Å²) in [5.41, 5.74) is 8.44. The molecule has 1 aliphatic rings. The fraction of sp³-hybridized carbons (Fsp3) is 0.250. The van der Waals surface area contributed by atoms with Crippen LogP contribution in [0.3, 0.4) is 0 Å². The zero-order chi connectivity index (χ0) is 14.1. The fourth-order valence-electron chi connectivity index (χ4n) is 2.49. The number of methoxy groups -OCH3 is 1. The van der Waals surface area contributed by atoms with E-state index in [-0.39, 0.29) is 12.1 Å². The quantitative estimate of drug-likeness (QED) is 0.903. The highest BCUT2D eigenvalue weighted by Crippen LogP contribution is 2.41. The van der Waals surface area contributed by atoms with Crippen LogP contribution >= 0.6 is 15.9 Å². The average Bonchev–Trinajstić information content (AvgIpc) is 2.47. The topological polar surface area (TPSA) is 44.5 Å². The Hall–Kier alpha value is -1.52. The van der Waals surface area contributed by atoms with E-state index in [0.29, 0.717) is 0 Å². The molecule has 2 atom stereocenters. The first-order chi connectivity index (χ1) is 9.67. The molecule has 0 saturated carbocycles. The van der Waals surface area contributed by atoms with Crippen LogP contribution in [0.5, 0.6) is 11.5 Å². The molecule has 0 radical (unpaired) electrons. The van der Waals surface area contributed by atoms with Crippen LogP contribution in [0.4, 0.5) is 0 Å². The molecular formula is C16H16BrNO2. The number of benzene rings is 2. The number of nitrogens with two attached hydrogens (primary N) is 1. The Kier molecular flexibility index (Phi) is 3.68. The minimum atomic E-state index is -0.0394. The summed E-state index contributed by atoms with van der Waals surface area (Å²) in [5.74, 6) is 1.65. The molecule has 3 rings (SSSR count). The maximum atomic E-state index is 6.28. The summed E-state index contributed by atoms with van der Waals surface area (Å²) in [6.45, 7) is 0. The van der Waals surface area contributed by atoms with Crippen LogP contribution in [0, 0.1) is 0 Å². The lowest BCUT2D eigenvalue weighted by Crippen LogP contribution is -2.24. The third-order valence-corrected chi connectivity index (χ3v) is 4.12. The molecular weight excluding hydrogens is 318 g/mol. The molecule has 0 spiro atoms. The summed E-state index contributed by atoms with van der Waals surface area (Å²) in [7, 11) is 1.65. The summed E-state index contributed by atoms with van der Waals surface area (Å²) in [4.78, 5) is 0. The van der Waals surface area contributed by atoms with E-state index in [4.69, 9.17) is 15.2 Å². The van der Waals surface area contributed by atoms with Crippen LogP contribution in [0.15, 0.2) is 46.9 Å². The van der Waals surface area contributed by atoms with Crippen molar-refractivity contribution in [3.63, 3.8) is 0 Å². The van der Waals surface area contributed by atoms with E-state index in [0.717, 1.165) is 33.5 Å². The van der Waals surface area contributed by atoms with Crippen molar-refractivity contribution in [3.8, 4) is 11.5 Å². The van der Waals surface area contributed by atoms with E-state index in [2.05, 4.69) is 28.1 Å². The SMILES string of the molecule is COc1ccc2c(c1)[C@@H](N)CC(c1ccc(Br)cc1)O2. The molecule has 1 aliphatic heterocycles. The standard InChI is InChI=1S/C16H16BrNO2/c1-19-12-6-7-15-13(8-12)14(18)9-16(20-15)10-2-4-11(17)5-3-10/h2-8,14,16H,9,18H2,1H3/t14-,16?/m0/s1. The highest BCUT2D eigenvalue weighted by atomic mass is 79.9. The number of halogens is 1. The normalized spacial score (nSPS) is 20.9. The number of ether oxygens (including phenoxy) is 2. The summed E-state index contributed by atoms with van der Waals surface area (Å²) in [5, 5.41) is 0. The van der Waals surface area contributed by atoms with Gasteiger partial charge in [0.05, 0.1) is 7.11 Å². The van der Waals surface area contributed by atoms with E-state index in [1.54, 1.807) is 7.11 Å². The van der Waals surface area contributed by atoms with Gasteiger partial charge in [0.15, 0.2) is 0 Å². The summed E-state index contributed by atoms with van der Waals surface area (Å²) in [6.07, 6.45) is 0.765. The van der Waals surface area contributed by atoms with Crippen molar-refractivity contribution in [1.82, 2.24) is 0 Å². The molecule has 0 amide bonds.